The zero-order valence-corrected chi connectivity index (χ0v) is 40.9. The van der Waals surface area contributed by atoms with Gasteiger partial charge in [0, 0.05) is 32.9 Å². The molecular formula is C67H39N5Se. The van der Waals surface area contributed by atoms with E-state index >= 15 is 0 Å². The first-order valence-electron chi connectivity index (χ1n) is 24.8. The molecule has 0 saturated carbocycles. The van der Waals surface area contributed by atoms with E-state index in [0.717, 1.165) is 60.9 Å². The smallest absolute Gasteiger partial charge is 0.0602 e. The molecule has 5 nitrogen and oxygen atoms in total. The first kappa shape index (κ1) is 40.5. The fraction of sp³-hybridized carbons (Fsp3) is 0. The second-order valence-corrected chi connectivity index (χ2v) is 21.3. The van der Waals surface area contributed by atoms with Crippen LogP contribution in [0.5, 0.6) is 0 Å². The van der Waals surface area contributed by atoms with Gasteiger partial charge in [-0.1, -0.05) is 72.8 Å². The molecule has 0 aliphatic carbocycles. The molecule has 338 valence electrons. The molecule has 73 heavy (non-hydrogen) atoms. The van der Waals surface area contributed by atoms with Gasteiger partial charge >= 0.3 is 241 Å². The number of hydrogen-bond donors (Lipinski definition) is 0. The van der Waals surface area contributed by atoms with Gasteiger partial charge in [-0.3, -0.25) is 0 Å². The molecule has 0 atom stereocenters. The molecule has 0 fully saturated rings. The molecular weight excluding hydrogens is 954 g/mol. The van der Waals surface area contributed by atoms with Crippen molar-refractivity contribution in [1.82, 2.24) is 24.1 Å². The molecule has 0 spiro atoms. The minimum absolute atomic E-state index is 0.168. The average molecular weight is 993 g/mol. The van der Waals surface area contributed by atoms with Crippen LogP contribution in [0.2, 0.25) is 0 Å². The Morgan fingerprint density at radius 1 is 0.274 bits per heavy atom. The number of nitrogens with zero attached hydrogens (tertiary/aromatic N) is 5. The van der Waals surface area contributed by atoms with Crippen molar-refractivity contribution in [2.45, 2.75) is 0 Å². The van der Waals surface area contributed by atoms with Gasteiger partial charge in [0.1, 0.15) is 0 Å². The third kappa shape index (κ3) is 6.06. The number of para-hydroxylation sites is 4. The molecule has 0 aliphatic heterocycles. The van der Waals surface area contributed by atoms with Crippen molar-refractivity contribution in [3.05, 3.63) is 237 Å². The monoisotopic (exact) mass is 993 g/mol. The zero-order chi connectivity index (χ0) is 47.7. The van der Waals surface area contributed by atoms with E-state index in [-0.39, 0.29) is 14.5 Å². The number of fused-ring (bicyclic) bond motifs is 18. The summed E-state index contributed by atoms with van der Waals surface area (Å²) in [7, 11) is 0. The van der Waals surface area contributed by atoms with Crippen LogP contribution in [0, 0.1) is 0 Å². The molecule has 0 bridgehead atoms. The van der Waals surface area contributed by atoms with E-state index in [9.17, 15) is 0 Å². The van der Waals surface area contributed by atoms with Crippen molar-refractivity contribution in [1.29, 1.82) is 0 Å². The minimum Gasteiger partial charge on any atom is -0.0602 e. The molecule has 0 aliphatic rings. The molecule has 0 unspecified atom stereocenters. The van der Waals surface area contributed by atoms with E-state index in [2.05, 4.69) is 246 Å². The SMILES string of the molecule is c1ccc(-n2c3ccccc3c3cc(-c4nc(-c5ccc6c(c5)c5ccccc5c5c6ccc6c5[se]c5ccc7ccccc7c56)nc(-c5ccc6c(c5)c5ccccc5n6-c5ccccc5)n4)ccc32)cc1. The van der Waals surface area contributed by atoms with Crippen molar-refractivity contribution in [3.63, 3.8) is 0 Å². The Labute approximate surface area is 424 Å². The van der Waals surface area contributed by atoms with Crippen LogP contribution in [0.4, 0.5) is 0 Å². The predicted molar refractivity (Wildman–Crippen MR) is 307 cm³/mol. The second kappa shape index (κ2) is 15.7. The van der Waals surface area contributed by atoms with Crippen LogP contribution in [0.1, 0.15) is 0 Å². The minimum atomic E-state index is 0.168. The molecule has 16 aromatic rings. The van der Waals surface area contributed by atoms with E-state index in [1.807, 2.05) is 0 Å². The summed E-state index contributed by atoms with van der Waals surface area (Å²) >= 11 is 0.168. The maximum atomic E-state index is 5.42. The van der Waals surface area contributed by atoms with Gasteiger partial charge in [-0.25, -0.2) is 0 Å². The van der Waals surface area contributed by atoms with E-state index in [0.29, 0.717) is 17.5 Å². The van der Waals surface area contributed by atoms with Gasteiger partial charge in [0.15, 0.2) is 0 Å². The number of hydrogen-bond acceptors (Lipinski definition) is 3. The van der Waals surface area contributed by atoms with Gasteiger partial charge in [0.2, 0.25) is 0 Å². The van der Waals surface area contributed by atoms with Crippen molar-refractivity contribution >= 4 is 120 Å². The predicted octanol–water partition coefficient (Wildman–Crippen LogP) is 17.0. The molecule has 4 heterocycles. The topological polar surface area (TPSA) is 48.5 Å². The van der Waals surface area contributed by atoms with Crippen molar-refractivity contribution < 1.29 is 0 Å². The Morgan fingerprint density at radius 2 is 0.699 bits per heavy atom. The van der Waals surface area contributed by atoms with E-state index in [1.165, 1.54) is 73.2 Å². The van der Waals surface area contributed by atoms with Gasteiger partial charge in [-0.15, -0.1) is 0 Å². The Hall–Kier alpha value is -9.19. The summed E-state index contributed by atoms with van der Waals surface area (Å²) < 4.78 is 7.62. The van der Waals surface area contributed by atoms with Crippen LogP contribution in [-0.2, 0) is 0 Å². The van der Waals surface area contributed by atoms with Gasteiger partial charge in [0.25, 0.3) is 0 Å². The van der Waals surface area contributed by atoms with Gasteiger partial charge in [-0.05, 0) is 48.5 Å². The molecule has 0 N–H and O–H groups in total. The molecule has 0 amide bonds. The van der Waals surface area contributed by atoms with Crippen molar-refractivity contribution in [2.24, 2.45) is 0 Å². The van der Waals surface area contributed by atoms with Gasteiger partial charge in [0.05, 0.1) is 22.1 Å². The Morgan fingerprint density at radius 3 is 1.30 bits per heavy atom. The number of aromatic nitrogens is 5. The molecule has 16 rings (SSSR count). The van der Waals surface area contributed by atoms with Crippen molar-refractivity contribution in [2.75, 3.05) is 0 Å². The van der Waals surface area contributed by atoms with Crippen LogP contribution in [-0.4, -0.2) is 38.6 Å². The molecule has 0 saturated heterocycles. The molecule has 12 aromatic carbocycles. The summed E-state index contributed by atoms with van der Waals surface area (Å²) in [5.41, 5.74) is 9.60. The number of benzene rings is 12. The van der Waals surface area contributed by atoms with Crippen LogP contribution >= 0.6 is 0 Å². The van der Waals surface area contributed by atoms with E-state index < -0.39 is 0 Å². The van der Waals surface area contributed by atoms with Crippen LogP contribution in [0.15, 0.2) is 237 Å². The summed E-state index contributed by atoms with van der Waals surface area (Å²) in [6.45, 7) is 0. The van der Waals surface area contributed by atoms with E-state index in [1.54, 1.807) is 0 Å². The molecule has 4 aromatic heterocycles. The summed E-state index contributed by atoms with van der Waals surface area (Å²) in [6, 6.07) is 85.8. The van der Waals surface area contributed by atoms with E-state index in [4.69, 9.17) is 15.0 Å². The third-order valence-corrected chi connectivity index (χ3v) is 17.6. The first-order valence-corrected chi connectivity index (χ1v) is 26.5. The van der Waals surface area contributed by atoms with Crippen LogP contribution < -0.4 is 0 Å². The summed E-state index contributed by atoms with van der Waals surface area (Å²) in [6.07, 6.45) is 0. The molecule has 6 heteroatoms. The fourth-order valence-corrected chi connectivity index (χ4v) is 14.6. The second-order valence-electron chi connectivity index (χ2n) is 19.1. The van der Waals surface area contributed by atoms with Crippen LogP contribution in [0.3, 0.4) is 0 Å². The number of rotatable bonds is 5. The quantitative estimate of drug-likeness (QED) is 0.128. The standard InChI is InChI=1S/C67H39N5Se/c1-3-16-44(17-4-1)71-57-25-13-11-22-49(57)55-38-42(28-34-59(55)71)66-68-65(69-67(70-66)43-29-35-60-56(39-43)50-23-12-14-26-58(50)72(60)45-18-5-2-6-19-45)41-27-31-48-52-32-33-53-62-46-20-8-7-15-40(46)30-36-61(62)73-64(53)63(52)51-24-10-9-21-47(51)54(48)37-41/h1-39H. The Balaban J connectivity index is 0.928. The average Bonchev–Trinajstić information content (AvgIpc) is 4.14. The summed E-state index contributed by atoms with van der Waals surface area (Å²) in [4.78, 5) is 16.2. The first-order chi connectivity index (χ1) is 36.2. The summed E-state index contributed by atoms with van der Waals surface area (Å²) in [5.74, 6) is 1.88. The zero-order valence-electron chi connectivity index (χ0n) is 39.2. The van der Waals surface area contributed by atoms with Crippen molar-refractivity contribution in [3.8, 4) is 45.5 Å². The van der Waals surface area contributed by atoms with Gasteiger partial charge in [-0.2, -0.15) is 0 Å². The Bertz CT molecular complexity index is 4770. The van der Waals surface area contributed by atoms with Crippen LogP contribution in [0.25, 0.3) is 152 Å². The normalized spacial score (nSPS) is 12.1. The maximum absolute atomic E-state index is 5.42. The third-order valence-electron chi connectivity index (χ3n) is 15.1. The van der Waals surface area contributed by atoms with Gasteiger partial charge < -0.3 is 9.13 Å². The Kier molecular flexibility index (Phi) is 8.69. The fourth-order valence-electron chi connectivity index (χ4n) is 11.9. The molecule has 0 radical (unpaired) electrons. The summed E-state index contributed by atoms with van der Waals surface area (Å²) in [5, 5.41) is 17.6.